The molecule has 10 heteroatoms. The molecule has 172 valence electrons. The number of ether oxygens (including phenoxy) is 2. The van der Waals surface area contributed by atoms with Gasteiger partial charge >= 0.3 is 11.9 Å². The molecule has 2 atom stereocenters. The maximum atomic E-state index is 13.0. The Morgan fingerprint density at radius 1 is 0.906 bits per heavy atom. The zero-order valence-electron chi connectivity index (χ0n) is 17.2. The van der Waals surface area contributed by atoms with Gasteiger partial charge in [-0.1, -0.05) is 0 Å². The van der Waals surface area contributed by atoms with Crippen LogP contribution in [0.2, 0.25) is 0 Å². The summed E-state index contributed by atoms with van der Waals surface area (Å²) in [5.74, 6) is -3.22. The first-order valence-electron chi connectivity index (χ1n) is 10.2. The highest BCUT2D eigenvalue weighted by atomic mass is 16.5. The van der Waals surface area contributed by atoms with Gasteiger partial charge in [-0.25, -0.2) is 0 Å². The van der Waals surface area contributed by atoms with Crippen molar-refractivity contribution < 1.29 is 49.1 Å². The number of phenols is 1. The zero-order chi connectivity index (χ0) is 23.4. The van der Waals surface area contributed by atoms with Crippen LogP contribution in [0.4, 0.5) is 0 Å². The number of aliphatic hydroxyl groups excluding tert-OH is 1. The molecule has 0 spiro atoms. The topological polar surface area (TPSA) is 168 Å². The molecule has 0 radical (unpaired) electrons. The van der Waals surface area contributed by atoms with E-state index < -0.39 is 35.7 Å². The normalized spacial score (nSPS) is 20.0. The van der Waals surface area contributed by atoms with Crippen LogP contribution >= 0.6 is 0 Å². The van der Waals surface area contributed by atoms with Crippen LogP contribution in [0.3, 0.4) is 0 Å². The van der Waals surface area contributed by atoms with E-state index in [-0.39, 0.29) is 85.5 Å². The molecular weight excluding hydrogens is 424 g/mol. The van der Waals surface area contributed by atoms with Crippen molar-refractivity contribution in [3.05, 3.63) is 34.4 Å². The number of hydrogen-bond acceptors (Lipinski definition) is 8. The van der Waals surface area contributed by atoms with Gasteiger partial charge in [0.1, 0.15) is 0 Å². The molecule has 0 heterocycles. The van der Waals surface area contributed by atoms with Crippen LogP contribution in [0, 0.1) is 0 Å². The van der Waals surface area contributed by atoms with E-state index in [1.54, 1.807) is 0 Å². The fourth-order valence-electron chi connectivity index (χ4n) is 3.80. The number of carboxylic acid groups (broad SMARTS) is 2. The number of phenolic OH excluding ortho intramolecular Hbond substituents is 1. The lowest BCUT2D eigenvalue weighted by molar-refractivity contribution is -0.138. The molecule has 0 aliphatic heterocycles. The van der Waals surface area contributed by atoms with E-state index >= 15 is 0 Å². The largest absolute Gasteiger partial charge is 0.504 e. The number of fused-ring (bicyclic) bond motifs is 1. The smallest absolute Gasteiger partial charge is 0.303 e. The summed E-state index contributed by atoms with van der Waals surface area (Å²) in [6.45, 7) is 0.104. The SMILES string of the molecule is O=C(O)CCCOc1cc2c(cc1O)C(=O)C1=C(CC(O)C(OCCCC(=O)O)C1)C2=O. The fraction of sp³-hybridized carbons (Fsp3) is 0.455. The highest BCUT2D eigenvalue weighted by molar-refractivity contribution is 6.27. The van der Waals surface area contributed by atoms with Crippen LogP contribution in [-0.4, -0.2) is 69.4 Å². The summed E-state index contributed by atoms with van der Waals surface area (Å²) in [6.07, 6.45) is -1.59. The maximum Gasteiger partial charge on any atom is 0.303 e. The predicted molar refractivity (Wildman–Crippen MR) is 108 cm³/mol. The van der Waals surface area contributed by atoms with Crippen molar-refractivity contribution in [2.75, 3.05) is 13.2 Å². The fourth-order valence-corrected chi connectivity index (χ4v) is 3.80. The average Bonchev–Trinajstić information content (AvgIpc) is 2.73. The number of Topliss-reactive ketones (excluding diaryl/α,β-unsaturated/α-hetero) is 2. The van der Waals surface area contributed by atoms with Crippen LogP contribution in [0.1, 0.15) is 59.2 Å². The van der Waals surface area contributed by atoms with Crippen molar-refractivity contribution >= 4 is 23.5 Å². The first kappa shape index (κ1) is 23.4. The highest BCUT2D eigenvalue weighted by Crippen LogP contribution is 2.40. The van der Waals surface area contributed by atoms with Crippen molar-refractivity contribution in [3.63, 3.8) is 0 Å². The van der Waals surface area contributed by atoms with E-state index in [1.807, 2.05) is 0 Å². The second kappa shape index (κ2) is 9.92. The first-order chi connectivity index (χ1) is 15.2. The third-order valence-electron chi connectivity index (χ3n) is 5.41. The number of carbonyl (C=O) groups excluding carboxylic acids is 2. The summed E-state index contributed by atoms with van der Waals surface area (Å²) in [5, 5.41) is 38.0. The third-order valence-corrected chi connectivity index (χ3v) is 5.41. The van der Waals surface area contributed by atoms with E-state index in [0.29, 0.717) is 0 Å². The van der Waals surface area contributed by atoms with Gasteiger partial charge in [0.15, 0.2) is 23.1 Å². The van der Waals surface area contributed by atoms with Crippen molar-refractivity contribution in [3.8, 4) is 11.5 Å². The molecule has 2 aliphatic carbocycles. The summed E-state index contributed by atoms with van der Waals surface area (Å²) in [6, 6.07) is 2.41. The molecule has 0 amide bonds. The van der Waals surface area contributed by atoms with Gasteiger partial charge in [0, 0.05) is 54.6 Å². The molecule has 2 aliphatic rings. The number of hydrogen-bond donors (Lipinski definition) is 4. The number of benzene rings is 1. The molecule has 32 heavy (non-hydrogen) atoms. The van der Waals surface area contributed by atoms with Crippen molar-refractivity contribution in [1.82, 2.24) is 0 Å². The molecule has 3 rings (SSSR count). The second-order valence-electron chi connectivity index (χ2n) is 7.71. The van der Waals surface area contributed by atoms with Crippen LogP contribution in [0.5, 0.6) is 11.5 Å². The number of carbonyl (C=O) groups is 4. The molecule has 1 aromatic carbocycles. The molecule has 2 unspecified atom stereocenters. The summed E-state index contributed by atoms with van der Waals surface area (Å²) in [5.41, 5.74) is 0.464. The Labute approximate surface area is 183 Å². The Kier molecular flexibility index (Phi) is 7.26. The lowest BCUT2D eigenvalue weighted by atomic mass is 9.75. The quantitative estimate of drug-likeness (QED) is 0.387. The predicted octanol–water partition coefficient (Wildman–Crippen LogP) is 1.72. The standard InChI is InChI=1S/C22H24O10/c23-15-7-11-13(9-17(15)31-5-1-3-19(25)26)21(29)12-8-16(24)18(10-14(12)22(11)30)32-6-2-4-20(27)28/h7,9,16,18,23-24H,1-6,8,10H2,(H,25,26)(H,27,28). The molecule has 1 aromatic rings. The number of aromatic hydroxyl groups is 1. The molecule has 0 saturated heterocycles. The number of aliphatic carboxylic acids is 2. The maximum absolute atomic E-state index is 13.0. The van der Waals surface area contributed by atoms with Gasteiger partial charge < -0.3 is 29.9 Å². The van der Waals surface area contributed by atoms with Crippen molar-refractivity contribution in [1.29, 1.82) is 0 Å². The number of rotatable bonds is 10. The Bertz CT molecular complexity index is 977. The Balaban J connectivity index is 1.75. The summed E-state index contributed by atoms with van der Waals surface area (Å²) in [7, 11) is 0. The van der Waals surface area contributed by atoms with Crippen LogP contribution in [0.25, 0.3) is 0 Å². The van der Waals surface area contributed by atoms with Crippen LogP contribution in [0.15, 0.2) is 23.3 Å². The first-order valence-corrected chi connectivity index (χ1v) is 10.2. The van der Waals surface area contributed by atoms with Gasteiger partial charge in [0.25, 0.3) is 0 Å². The monoisotopic (exact) mass is 448 g/mol. The van der Waals surface area contributed by atoms with E-state index in [1.165, 1.54) is 6.07 Å². The second-order valence-corrected chi connectivity index (χ2v) is 7.71. The Morgan fingerprint density at radius 2 is 1.47 bits per heavy atom. The van der Waals surface area contributed by atoms with Crippen molar-refractivity contribution in [2.24, 2.45) is 0 Å². The minimum atomic E-state index is -1.03. The minimum Gasteiger partial charge on any atom is -0.504 e. The van der Waals surface area contributed by atoms with Gasteiger partial charge in [-0.15, -0.1) is 0 Å². The van der Waals surface area contributed by atoms with E-state index in [4.69, 9.17) is 19.7 Å². The molecular formula is C22H24O10. The molecule has 0 saturated carbocycles. The van der Waals surface area contributed by atoms with Crippen molar-refractivity contribution in [2.45, 2.75) is 50.7 Å². The molecule has 0 aromatic heterocycles. The van der Waals surface area contributed by atoms with Gasteiger partial charge in [-0.3, -0.25) is 19.2 Å². The summed E-state index contributed by atoms with van der Waals surface area (Å²) < 4.78 is 10.9. The lowest BCUT2D eigenvalue weighted by Crippen LogP contribution is -2.39. The summed E-state index contributed by atoms with van der Waals surface area (Å²) >= 11 is 0. The van der Waals surface area contributed by atoms with Crippen LogP contribution in [-0.2, 0) is 14.3 Å². The Morgan fingerprint density at radius 3 is 2.09 bits per heavy atom. The molecule has 4 N–H and O–H groups in total. The average molecular weight is 448 g/mol. The molecule has 0 fully saturated rings. The van der Waals surface area contributed by atoms with Crippen LogP contribution < -0.4 is 4.74 Å². The highest BCUT2D eigenvalue weighted by Gasteiger charge is 2.40. The Hall–Kier alpha value is -3.24. The minimum absolute atomic E-state index is 0.00177. The summed E-state index contributed by atoms with van der Waals surface area (Å²) in [4.78, 5) is 47.2. The molecule has 0 bridgehead atoms. The number of aliphatic hydroxyl groups is 1. The van der Waals surface area contributed by atoms with Gasteiger partial charge in [0.05, 0.1) is 18.8 Å². The van der Waals surface area contributed by atoms with Gasteiger partial charge in [0.2, 0.25) is 0 Å². The van der Waals surface area contributed by atoms with Gasteiger partial charge in [-0.2, -0.15) is 0 Å². The van der Waals surface area contributed by atoms with E-state index in [0.717, 1.165) is 6.07 Å². The van der Waals surface area contributed by atoms with Gasteiger partial charge in [-0.05, 0) is 25.0 Å². The number of ketones is 2. The van der Waals surface area contributed by atoms with E-state index in [2.05, 4.69) is 0 Å². The molecule has 10 nitrogen and oxygen atoms in total. The number of carboxylic acids is 2. The zero-order valence-corrected chi connectivity index (χ0v) is 17.2. The lowest BCUT2D eigenvalue weighted by Gasteiger charge is -2.33. The van der Waals surface area contributed by atoms with E-state index in [9.17, 15) is 29.4 Å². The third kappa shape index (κ3) is 5.14.